The van der Waals surface area contributed by atoms with Crippen LogP contribution in [0.5, 0.6) is 11.5 Å². The second-order valence-corrected chi connectivity index (χ2v) is 20.9. The average Bonchev–Trinajstić information content (AvgIpc) is 4.42. The van der Waals surface area contributed by atoms with Gasteiger partial charge in [-0.3, -0.25) is 38.6 Å². The number of carbonyl (C=O) groups is 5. The fourth-order valence-electron chi connectivity index (χ4n) is 10.2. The van der Waals surface area contributed by atoms with Gasteiger partial charge in [0.25, 0.3) is 5.56 Å². The normalized spacial score (nSPS) is 15.7. The molecule has 25 heteroatoms. The zero-order chi connectivity index (χ0) is 56.9. The number of fused-ring (bicyclic) bond motifs is 6. The van der Waals surface area contributed by atoms with Crippen molar-refractivity contribution >= 4 is 59.2 Å². The molecule has 0 aliphatic carbocycles. The first kappa shape index (κ1) is 62.5. The van der Waals surface area contributed by atoms with Crippen molar-refractivity contribution < 1.29 is 86.6 Å². The number of rotatable bonds is 29. The molecule has 0 bridgehead atoms. The Balaban J connectivity index is 0.00000946. The van der Waals surface area contributed by atoms with Crippen molar-refractivity contribution in [2.75, 3.05) is 46.3 Å². The molecule has 1 aromatic carbocycles. The molecule has 0 saturated heterocycles. The quantitative estimate of drug-likeness (QED) is 0.0145. The minimum Gasteiger partial charge on any atom is -0.740 e. The predicted octanol–water partition coefficient (Wildman–Crippen LogP) is 4.16. The summed E-state index contributed by atoms with van der Waals surface area (Å²) in [5.41, 5.74) is 2.37. The molecule has 0 spiro atoms. The van der Waals surface area contributed by atoms with E-state index in [0.717, 1.165) is 68.3 Å². The van der Waals surface area contributed by atoms with Crippen molar-refractivity contribution in [2.45, 2.75) is 141 Å². The third kappa shape index (κ3) is 15.3. The number of pyridine rings is 2. The molecule has 0 saturated carbocycles. The van der Waals surface area contributed by atoms with Gasteiger partial charge in [0.1, 0.15) is 31.1 Å². The molecule has 4 amide bonds. The monoisotopic (exact) mass is 1280 g/mol. The molecule has 437 valence electrons. The van der Waals surface area contributed by atoms with Gasteiger partial charge in [0.15, 0.2) is 17.1 Å². The fourth-order valence-corrected chi connectivity index (χ4v) is 10.3. The van der Waals surface area contributed by atoms with Crippen LogP contribution in [0.15, 0.2) is 52.8 Å². The van der Waals surface area contributed by atoms with Crippen molar-refractivity contribution in [3.8, 4) is 34.1 Å². The van der Waals surface area contributed by atoms with E-state index in [9.17, 15) is 33.9 Å². The summed E-state index contributed by atoms with van der Waals surface area (Å²) in [6.45, 7) is 12.4. The third-order valence-corrected chi connectivity index (χ3v) is 14.7. The largest absolute Gasteiger partial charge is 0.740 e. The second kappa shape index (κ2) is 29.2. The van der Waals surface area contributed by atoms with Crippen LogP contribution < -0.4 is 36.3 Å². The molecule has 81 heavy (non-hydrogen) atoms. The van der Waals surface area contributed by atoms with E-state index in [-0.39, 0.29) is 125 Å². The van der Waals surface area contributed by atoms with Crippen LogP contribution in [0, 0.1) is 44.5 Å². The summed E-state index contributed by atoms with van der Waals surface area (Å²) in [4.78, 5) is 96.1. The van der Waals surface area contributed by atoms with Crippen LogP contribution in [0.4, 0.5) is 0 Å². The Kier molecular flexibility index (Phi) is 22.5. The summed E-state index contributed by atoms with van der Waals surface area (Å²) in [5, 5.41) is 31.8. The van der Waals surface area contributed by atoms with Crippen molar-refractivity contribution in [3.05, 3.63) is 75.5 Å². The van der Waals surface area contributed by atoms with E-state index < -0.39 is 41.4 Å². The van der Waals surface area contributed by atoms with Crippen LogP contribution in [0.2, 0.25) is 0 Å². The number of aromatic nitrogens is 7. The maximum atomic E-state index is 13.9. The number of benzene rings is 1. The van der Waals surface area contributed by atoms with E-state index in [1.54, 1.807) is 53.0 Å². The van der Waals surface area contributed by atoms with Gasteiger partial charge in [-0.1, -0.05) is 58.4 Å². The summed E-state index contributed by atoms with van der Waals surface area (Å²) in [6.07, 6.45) is 14.7. The number of unbranched alkanes of at least 4 members (excludes halogenated alkanes) is 3. The van der Waals surface area contributed by atoms with Gasteiger partial charge in [-0.25, -0.2) is 9.78 Å². The van der Waals surface area contributed by atoms with Crippen LogP contribution in [0.25, 0.3) is 39.6 Å². The first-order valence-corrected chi connectivity index (χ1v) is 28.0. The van der Waals surface area contributed by atoms with Crippen molar-refractivity contribution in [1.82, 2.24) is 60.7 Å². The molecule has 0 unspecified atom stereocenters. The van der Waals surface area contributed by atoms with E-state index in [1.165, 1.54) is 0 Å². The van der Waals surface area contributed by atoms with Gasteiger partial charge in [0.05, 0.1) is 48.4 Å². The van der Waals surface area contributed by atoms with E-state index in [1.807, 2.05) is 26.0 Å². The molecule has 3 atom stereocenters. The minimum atomic E-state index is -1.98. The molecule has 5 aromatic rings. The molecule has 7 heterocycles. The molecular weight excluding hydrogens is 1210 g/mol. The molecule has 3 aliphatic heterocycles. The molecule has 0 fully saturated rings. The van der Waals surface area contributed by atoms with Crippen LogP contribution in [0.3, 0.4) is 0 Å². The summed E-state index contributed by atoms with van der Waals surface area (Å²) in [7, 11) is 0. The van der Waals surface area contributed by atoms with Gasteiger partial charge in [-0.15, -0.1) is 5.10 Å². The zero-order valence-electron chi connectivity index (χ0n) is 46.3. The fraction of sp³-hybridized carbons (Fsp3) is 0.518. The van der Waals surface area contributed by atoms with Gasteiger partial charge in [-0.2, -0.15) is 0 Å². The maximum absolute atomic E-state index is 13.9. The maximum Gasteiger partial charge on any atom is 0.343 e. The number of hydrogen-bond acceptors (Lipinski definition) is 18. The number of nitrogens with one attached hydrogen (secondary N) is 4. The SMILES string of the molecule is CCCN(CCC)CCCC[C@H](NC(=O)[C@@H](NC(=O)CCCCCn1cc(-c2cnc([S-])nc2)nn1)C(C)C)C(=O)NCC(=O)NCOC/C=C/c1c2c(nc3cc4c(cc13)OCO4)-c1cc3c(c(=O)n1C2)COC(=O)[C@]3(O)CC.[Tb]. The number of hydrogen-bond donors (Lipinski definition) is 5. The second-order valence-electron chi connectivity index (χ2n) is 20.5. The van der Waals surface area contributed by atoms with Crippen LogP contribution in [0.1, 0.15) is 121 Å². The molecule has 5 N–H and O–H groups in total. The number of esters is 1. The average molecular weight is 1280 g/mol. The molecule has 3 aliphatic rings. The van der Waals surface area contributed by atoms with Crippen molar-refractivity contribution in [3.63, 3.8) is 0 Å². The van der Waals surface area contributed by atoms with Crippen molar-refractivity contribution in [2.24, 2.45) is 5.92 Å². The van der Waals surface area contributed by atoms with Gasteiger partial charge >= 0.3 is 5.97 Å². The Morgan fingerprint density at radius 3 is 2.38 bits per heavy atom. The Bertz CT molecular complexity index is 3150. The van der Waals surface area contributed by atoms with Gasteiger partial charge in [0, 0.05) is 97.3 Å². The Morgan fingerprint density at radius 1 is 0.901 bits per heavy atom. The van der Waals surface area contributed by atoms with Crippen LogP contribution in [-0.2, 0) is 71.4 Å². The molecular formula is C56H71N12O11STb-. The van der Waals surface area contributed by atoms with E-state index in [4.69, 9.17) is 36.6 Å². The van der Waals surface area contributed by atoms with Gasteiger partial charge in [0.2, 0.25) is 30.4 Å². The topological polar surface area (TPSA) is 285 Å². The number of ether oxygens (including phenoxy) is 4. The molecule has 23 nitrogen and oxygen atoms in total. The number of aliphatic hydroxyl groups is 1. The number of amides is 4. The predicted molar refractivity (Wildman–Crippen MR) is 296 cm³/mol. The zero-order valence-corrected chi connectivity index (χ0v) is 49.3. The number of cyclic esters (lactones) is 1. The number of carbonyl (C=O) groups excluding carboxylic acids is 5. The third-order valence-electron chi connectivity index (χ3n) is 14.5. The van der Waals surface area contributed by atoms with Gasteiger partial charge in [-0.05, 0) is 94.6 Å². The van der Waals surface area contributed by atoms with Gasteiger partial charge < -0.3 is 67.4 Å². The first-order valence-electron chi connectivity index (χ1n) is 27.6. The van der Waals surface area contributed by atoms with E-state index in [2.05, 4.69) is 60.3 Å². The summed E-state index contributed by atoms with van der Waals surface area (Å²) >= 11 is 4.96. The van der Waals surface area contributed by atoms with Crippen LogP contribution in [-0.4, -0.2) is 133 Å². The Hall–Kier alpha value is -6.12. The number of nitrogens with zero attached hydrogens (tertiary/aromatic N) is 8. The summed E-state index contributed by atoms with van der Waals surface area (Å²) < 4.78 is 25.7. The van der Waals surface area contributed by atoms with E-state index in [0.29, 0.717) is 65.5 Å². The molecule has 4 aromatic heterocycles. The van der Waals surface area contributed by atoms with Crippen molar-refractivity contribution in [1.29, 1.82) is 0 Å². The molecule has 1 radical (unpaired) electrons. The first-order chi connectivity index (χ1) is 38.6. The summed E-state index contributed by atoms with van der Waals surface area (Å²) in [5.74, 6) is -1.85. The Morgan fingerprint density at radius 2 is 1.65 bits per heavy atom. The van der Waals surface area contributed by atoms with E-state index >= 15 is 0 Å². The Labute approximate surface area is 506 Å². The summed E-state index contributed by atoms with van der Waals surface area (Å²) in [6, 6.07) is 3.38. The standard InChI is InChI=1S/C56H72N12O11S.Tb/c1-6-18-66(19-7-2)20-13-11-16-41(62-52(72)49(34(4)5)63-47(69)17-10-9-12-21-67-30-43(64-65-67)35-26-58-55(80)59-27-35)51(71)57-28-48(70)60-32-76-22-14-15-36-37-23-45-46(79-33-78-45)25-42(37)61-50-38(36)29-68-44(50)24-40-39(53(68)73)31-77-54(74)56(40,75)8-3;/h14-15,23-27,30,34,41,49,75H,6-13,16-22,28-29,31-33H2,1-5H3,(H,57,71)(H,60,70)(H,62,72)(H,63,69)(H,58,59,80);/p-1/b15-14+;/t41-,49-,56-;/m0./s1. The minimum absolute atomic E-state index is 0. The molecule has 8 rings (SSSR count). The van der Waals surface area contributed by atoms with Crippen LogP contribution >= 0.6 is 0 Å². The smallest absolute Gasteiger partial charge is 0.343 e. The number of aryl methyl sites for hydroxylation is 1.